The van der Waals surface area contributed by atoms with E-state index in [2.05, 4.69) is 17.8 Å². The van der Waals surface area contributed by atoms with Crippen molar-refractivity contribution in [1.29, 1.82) is 5.26 Å². The minimum atomic E-state index is -0.674. The maximum absolute atomic E-state index is 11.1. The molecule has 0 aromatic heterocycles. The topological polar surface area (TPSA) is 53.2 Å². The highest BCUT2D eigenvalue weighted by molar-refractivity contribution is 8.00. The number of aliphatic hydroxyl groups is 1. The summed E-state index contributed by atoms with van der Waals surface area (Å²) < 4.78 is 5.49. The molecule has 2 unspecified atom stereocenters. The fourth-order valence-electron chi connectivity index (χ4n) is 3.43. The first kappa shape index (κ1) is 14.7. The summed E-state index contributed by atoms with van der Waals surface area (Å²) >= 11 is 2.07. The van der Waals surface area contributed by atoms with E-state index in [4.69, 9.17) is 10.00 Å². The van der Waals surface area contributed by atoms with Crippen LogP contribution in [0.4, 0.5) is 0 Å². The van der Waals surface area contributed by atoms with Gasteiger partial charge in [0.1, 0.15) is 12.4 Å². The van der Waals surface area contributed by atoms with E-state index in [1.165, 1.54) is 19.3 Å². The van der Waals surface area contributed by atoms with Gasteiger partial charge in [0, 0.05) is 10.5 Å². The molecular formula is C17H21NO2S. The highest BCUT2D eigenvalue weighted by Crippen LogP contribution is 2.49. The highest BCUT2D eigenvalue weighted by atomic mass is 32.2. The zero-order valence-electron chi connectivity index (χ0n) is 12.1. The van der Waals surface area contributed by atoms with E-state index in [1.54, 1.807) is 0 Å². The van der Waals surface area contributed by atoms with Gasteiger partial charge in [-0.25, -0.2) is 0 Å². The van der Waals surface area contributed by atoms with E-state index in [1.807, 2.05) is 24.3 Å². The van der Waals surface area contributed by atoms with Crippen LogP contribution in [0.5, 0.6) is 5.75 Å². The van der Waals surface area contributed by atoms with Crippen molar-refractivity contribution in [1.82, 2.24) is 0 Å². The Labute approximate surface area is 130 Å². The quantitative estimate of drug-likeness (QED) is 0.863. The summed E-state index contributed by atoms with van der Waals surface area (Å²) in [5, 5.41) is 20.8. The molecule has 21 heavy (non-hydrogen) atoms. The second-order valence-electron chi connectivity index (χ2n) is 6.03. The molecule has 0 aliphatic carbocycles. The fourth-order valence-corrected chi connectivity index (χ4v) is 5.32. The molecule has 0 radical (unpaired) electrons. The molecule has 2 bridgehead atoms. The zero-order chi connectivity index (χ0) is 14.7. The van der Waals surface area contributed by atoms with Gasteiger partial charge in [0.05, 0.1) is 18.1 Å². The summed E-state index contributed by atoms with van der Waals surface area (Å²) in [7, 11) is 0. The molecule has 3 rings (SSSR count). The molecular weight excluding hydrogens is 282 g/mol. The van der Waals surface area contributed by atoms with E-state index in [0.29, 0.717) is 23.5 Å². The van der Waals surface area contributed by atoms with Crippen LogP contribution in [0.3, 0.4) is 0 Å². The van der Waals surface area contributed by atoms with Crippen LogP contribution in [0.25, 0.3) is 0 Å². The molecule has 2 heterocycles. The van der Waals surface area contributed by atoms with Gasteiger partial charge in [0.15, 0.2) is 0 Å². The van der Waals surface area contributed by atoms with Crippen LogP contribution in [-0.4, -0.2) is 22.2 Å². The second-order valence-corrected chi connectivity index (χ2v) is 7.64. The monoisotopic (exact) mass is 303 g/mol. The van der Waals surface area contributed by atoms with Gasteiger partial charge in [-0.3, -0.25) is 0 Å². The number of nitriles is 1. The number of fused-ring (bicyclic) bond motifs is 2. The summed E-state index contributed by atoms with van der Waals surface area (Å²) in [6.07, 6.45) is 5.90. The first-order chi connectivity index (χ1) is 10.2. The smallest absolute Gasteiger partial charge is 0.119 e. The van der Waals surface area contributed by atoms with Crippen molar-refractivity contribution < 1.29 is 9.84 Å². The van der Waals surface area contributed by atoms with Gasteiger partial charge in [0.25, 0.3) is 0 Å². The molecule has 0 spiro atoms. The number of benzene rings is 1. The maximum Gasteiger partial charge on any atom is 0.119 e. The minimum Gasteiger partial charge on any atom is -0.493 e. The largest absolute Gasteiger partial charge is 0.493 e. The van der Waals surface area contributed by atoms with Gasteiger partial charge in [0.2, 0.25) is 0 Å². The number of hydrogen-bond donors (Lipinski definition) is 1. The highest BCUT2D eigenvalue weighted by Gasteiger charge is 2.42. The Morgan fingerprint density at radius 1 is 1.24 bits per heavy atom. The van der Waals surface area contributed by atoms with Crippen molar-refractivity contribution in [3.05, 3.63) is 29.8 Å². The van der Waals surface area contributed by atoms with Crippen LogP contribution in [0.2, 0.25) is 0 Å². The number of ether oxygens (including phenoxy) is 1. The lowest BCUT2D eigenvalue weighted by molar-refractivity contribution is 0.00809. The molecule has 1 N–H and O–H groups in total. The van der Waals surface area contributed by atoms with E-state index >= 15 is 0 Å². The number of thioether (sulfide) groups is 1. The van der Waals surface area contributed by atoms with Crippen LogP contribution in [0.15, 0.2) is 24.3 Å². The Bertz CT molecular complexity index is 511. The van der Waals surface area contributed by atoms with E-state index < -0.39 is 5.60 Å². The van der Waals surface area contributed by atoms with Crippen LogP contribution in [0.1, 0.15) is 44.1 Å². The third-order valence-electron chi connectivity index (χ3n) is 4.44. The Morgan fingerprint density at radius 3 is 2.52 bits per heavy atom. The molecule has 2 saturated heterocycles. The third kappa shape index (κ3) is 3.36. The first-order valence-electron chi connectivity index (χ1n) is 7.68. The predicted molar refractivity (Wildman–Crippen MR) is 84.3 cm³/mol. The van der Waals surface area contributed by atoms with Crippen LogP contribution < -0.4 is 4.74 Å². The summed E-state index contributed by atoms with van der Waals surface area (Å²) in [5.41, 5.74) is 0.332. The fraction of sp³-hybridized carbons (Fsp3) is 0.588. The molecule has 2 aliphatic heterocycles. The zero-order valence-corrected chi connectivity index (χ0v) is 12.9. The van der Waals surface area contributed by atoms with Gasteiger partial charge in [-0.05, 0) is 43.4 Å². The molecule has 0 saturated carbocycles. The van der Waals surface area contributed by atoms with Gasteiger partial charge in [-0.1, -0.05) is 18.6 Å². The average molecular weight is 303 g/mol. The molecule has 112 valence electrons. The molecule has 2 atom stereocenters. The Hall–Kier alpha value is -1.18. The third-order valence-corrected chi connectivity index (χ3v) is 6.02. The lowest BCUT2D eigenvalue weighted by Gasteiger charge is -2.44. The standard InChI is InChI=1S/C17H21NO2S/c18-9-2-10-20-14-7-5-13(6-8-14)17(19)11-15-3-1-4-16(12-17)21-15/h5-8,15-16,19H,1-4,10-12H2. The SMILES string of the molecule is N#CCCOc1ccc(C2(O)CC3CCCC(C2)S3)cc1. The number of hydrogen-bond acceptors (Lipinski definition) is 4. The Morgan fingerprint density at radius 2 is 1.90 bits per heavy atom. The van der Waals surface area contributed by atoms with Crippen molar-refractivity contribution in [3.63, 3.8) is 0 Å². The summed E-state index contributed by atoms with van der Waals surface area (Å²) in [4.78, 5) is 0. The second kappa shape index (κ2) is 6.29. The molecule has 1 aromatic rings. The maximum atomic E-state index is 11.1. The summed E-state index contributed by atoms with van der Waals surface area (Å²) in [5.74, 6) is 0.767. The lowest BCUT2D eigenvalue weighted by atomic mass is 9.80. The molecule has 0 amide bonds. The van der Waals surface area contributed by atoms with Gasteiger partial charge in [-0.2, -0.15) is 17.0 Å². The molecule has 1 aromatic carbocycles. The van der Waals surface area contributed by atoms with Crippen molar-refractivity contribution >= 4 is 11.8 Å². The average Bonchev–Trinajstić information content (AvgIpc) is 2.47. The predicted octanol–water partition coefficient (Wildman–Crippen LogP) is 3.61. The number of rotatable bonds is 4. The van der Waals surface area contributed by atoms with Crippen molar-refractivity contribution in [2.75, 3.05) is 6.61 Å². The van der Waals surface area contributed by atoms with E-state index in [0.717, 1.165) is 24.2 Å². The molecule has 4 heteroatoms. The van der Waals surface area contributed by atoms with Gasteiger partial charge >= 0.3 is 0 Å². The van der Waals surface area contributed by atoms with Crippen molar-refractivity contribution in [3.8, 4) is 11.8 Å². The Kier molecular flexibility index (Phi) is 4.42. The van der Waals surface area contributed by atoms with Crippen LogP contribution >= 0.6 is 11.8 Å². The first-order valence-corrected chi connectivity index (χ1v) is 8.62. The number of nitrogens with zero attached hydrogens (tertiary/aromatic N) is 1. The van der Waals surface area contributed by atoms with E-state index in [-0.39, 0.29) is 0 Å². The van der Waals surface area contributed by atoms with E-state index in [9.17, 15) is 5.11 Å². The van der Waals surface area contributed by atoms with Crippen molar-refractivity contribution in [2.24, 2.45) is 0 Å². The van der Waals surface area contributed by atoms with Gasteiger partial charge < -0.3 is 9.84 Å². The summed E-state index contributed by atoms with van der Waals surface area (Å²) in [6, 6.07) is 9.83. The normalized spacial score (nSPS) is 31.4. The Balaban J connectivity index is 1.69. The van der Waals surface area contributed by atoms with Crippen LogP contribution in [0, 0.1) is 11.3 Å². The van der Waals surface area contributed by atoms with Crippen molar-refractivity contribution in [2.45, 2.75) is 54.6 Å². The lowest BCUT2D eigenvalue weighted by Crippen LogP contribution is -2.40. The molecule has 2 aliphatic rings. The minimum absolute atomic E-state index is 0.395. The summed E-state index contributed by atoms with van der Waals surface area (Å²) in [6.45, 7) is 0.418. The van der Waals surface area contributed by atoms with Gasteiger partial charge in [-0.15, -0.1) is 0 Å². The van der Waals surface area contributed by atoms with Crippen LogP contribution in [-0.2, 0) is 5.60 Å². The molecule has 3 nitrogen and oxygen atoms in total. The molecule has 2 fully saturated rings.